The fraction of sp³-hybridized carbons (Fsp3) is 0.444. The molecule has 6 nitrogen and oxygen atoms in total. The summed E-state index contributed by atoms with van der Waals surface area (Å²) in [4.78, 5) is 18.2. The molecule has 0 bridgehead atoms. The summed E-state index contributed by atoms with van der Waals surface area (Å²) in [5.74, 6) is -0.127. The Hall–Kier alpha value is -1.50. The van der Waals surface area contributed by atoms with Crippen LogP contribution < -0.4 is 5.32 Å². The average Bonchev–Trinajstić information content (AvgIpc) is 2.16. The van der Waals surface area contributed by atoms with Crippen molar-refractivity contribution in [3.63, 3.8) is 0 Å². The lowest BCUT2D eigenvalue weighted by Gasteiger charge is -2.03. The molecule has 1 aromatic heterocycles. The summed E-state index contributed by atoms with van der Waals surface area (Å²) < 4.78 is 22.3. The van der Waals surface area contributed by atoms with Crippen LogP contribution in [0.25, 0.3) is 0 Å². The van der Waals surface area contributed by atoms with E-state index in [0.29, 0.717) is 18.7 Å². The highest BCUT2D eigenvalue weighted by molar-refractivity contribution is 7.90. The molecule has 1 N–H and O–H groups in total. The van der Waals surface area contributed by atoms with Crippen molar-refractivity contribution in [1.82, 2.24) is 15.3 Å². The summed E-state index contributed by atoms with van der Waals surface area (Å²) >= 11 is 0. The van der Waals surface area contributed by atoms with Crippen molar-refractivity contribution in [1.29, 1.82) is 0 Å². The first-order chi connectivity index (χ1) is 7.39. The first kappa shape index (κ1) is 12.6. The maximum Gasteiger partial charge on any atom is 0.246 e. The zero-order chi connectivity index (χ0) is 12.2. The number of amides is 1. The smallest absolute Gasteiger partial charge is 0.246 e. The molecule has 1 aromatic rings. The van der Waals surface area contributed by atoms with Crippen LogP contribution in [0, 0.1) is 0 Å². The lowest BCUT2D eigenvalue weighted by Crippen LogP contribution is -2.22. The van der Waals surface area contributed by atoms with Gasteiger partial charge < -0.3 is 5.32 Å². The molecule has 0 aliphatic carbocycles. The molecule has 1 heterocycles. The van der Waals surface area contributed by atoms with Gasteiger partial charge in [-0.2, -0.15) is 0 Å². The van der Waals surface area contributed by atoms with Gasteiger partial charge in [0.2, 0.25) is 20.9 Å². The highest BCUT2D eigenvalue weighted by Gasteiger charge is 2.10. The number of carbonyl (C=O) groups is 1. The standard InChI is InChI=1S/C9H13N3O3S/c1-7(13)10-5-3-8-4-6-11-9(12-8)16(2,14)15/h4,6H,3,5H2,1-2H3,(H,10,13). The van der Waals surface area contributed by atoms with Gasteiger partial charge in [0.05, 0.1) is 0 Å². The van der Waals surface area contributed by atoms with Crippen molar-refractivity contribution in [3.05, 3.63) is 18.0 Å². The van der Waals surface area contributed by atoms with Crippen molar-refractivity contribution in [3.8, 4) is 0 Å². The summed E-state index contributed by atoms with van der Waals surface area (Å²) in [5, 5.41) is 2.42. The predicted octanol–water partition coefficient (Wildman–Crippen LogP) is -0.441. The molecule has 0 aliphatic rings. The minimum Gasteiger partial charge on any atom is -0.356 e. The molecular formula is C9H13N3O3S. The Bertz CT molecular complexity index is 485. The molecule has 0 aromatic carbocycles. The first-order valence-electron chi connectivity index (χ1n) is 4.66. The van der Waals surface area contributed by atoms with Gasteiger partial charge in [-0.25, -0.2) is 18.4 Å². The Kier molecular flexibility index (Phi) is 3.94. The number of aromatic nitrogens is 2. The fourth-order valence-electron chi connectivity index (χ4n) is 1.06. The minimum absolute atomic E-state index is 0.127. The highest BCUT2D eigenvalue weighted by Crippen LogP contribution is 2.02. The topological polar surface area (TPSA) is 89.0 Å². The van der Waals surface area contributed by atoms with E-state index in [1.807, 2.05) is 0 Å². The molecule has 0 saturated carbocycles. The van der Waals surface area contributed by atoms with Crippen molar-refractivity contribution >= 4 is 15.7 Å². The van der Waals surface area contributed by atoms with Crippen LogP contribution in [-0.2, 0) is 21.1 Å². The lowest BCUT2D eigenvalue weighted by molar-refractivity contribution is -0.118. The summed E-state index contributed by atoms with van der Waals surface area (Å²) in [6, 6.07) is 1.62. The average molecular weight is 243 g/mol. The van der Waals surface area contributed by atoms with Gasteiger partial charge in [-0.3, -0.25) is 4.79 Å². The van der Waals surface area contributed by atoms with Gasteiger partial charge in [-0.1, -0.05) is 0 Å². The van der Waals surface area contributed by atoms with E-state index in [1.165, 1.54) is 13.1 Å². The van der Waals surface area contributed by atoms with Crippen molar-refractivity contribution in [2.24, 2.45) is 0 Å². The van der Waals surface area contributed by atoms with Crippen LogP contribution in [-0.4, -0.2) is 37.1 Å². The first-order valence-corrected chi connectivity index (χ1v) is 6.55. The van der Waals surface area contributed by atoms with E-state index in [4.69, 9.17) is 0 Å². The second kappa shape index (κ2) is 5.02. The summed E-state index contributed by atoms with van der Waals surface area (Å²) in [6.07, 6.45) is 2.93. The molecule has 1 amide bonds. The van der Waals surface area contributed by atoms with Gasteiger partial charge in [0.1, 0.15) is 0 Å². The van der Waals surface area contributed by atoms with Gasteiger partial charge in [-0.15, -0.1) is 0 Å². The van der Waals surface area contributed by atoms with E-state index in [0.717, 1.165) is 6.26 Å². The van der Waals surface area contributed by atoms with Gasteiger partial charge in [0, 0.05) is 38.0 Å². The molecule has 0 fully saturated rings. The molecule has 0 aliphatic heterocycles. The number of hydrogen-bond acceptors (Lipinski definition) is 5. The van der Waals surface area contributed by atoms with Crippen LogP contribution in [0.5, 0.6) is 0 Å². The molecule has 0 saturated heterocycles. The summed E-state index contributed by atoms with van der Waals surface area (Å²) in [6.45, 7) is 1.84. The number of rotatable bonds is 4. The Labute approximate surface area is 94.0 Å². The summed E-state index contributed by atoms with van der Waals surface area (Å²) in [5.41, 5.74) is 0.587. The van der Waals surface area contributed by atoms with Crippen LogP contribution in [0.4, 0.5) is 0 Å². The molecule has 0 radical (unpaired) electrons. The zero-order valence-corrected chi connectivity index (χ0v) is 9.91. The third-order valence-corrected chi connectivity index (χ3v) is 2.64. The third kappa shape index (κ3) is 3.93. The number of nitrogens with one attached hydrogen (secondary N) is 1. The molecule has 16 heavy (non-hydrogen) atoms. The van der Waals surface area contributed by atoms with E-state index >= 15 is 0 Å². The SMILES string of the molecule is CC(=O)NCCc1ccnc(S(C)(=O)=O)n1. The highest BCUT2D eigenvalue weighted by atomic mass is 32.2. The van der Waals surface area contributed by atoms with Crippen molar-refractivity contribution < 1.29 is 13.2 Å². The van der Waals surface area contributed by atoms with Gasteiger partial charge in [0.15, 0.2) is 0 Å². The minimum atomic E-state index is -3.38. The zero-order valence-electron chi connectivity index (χ0n) is 9.10. The van der Waals surface area contributed by atoms with E-state index < -0.39 is 9.84 Å². The quantitative estimate of drug-likeness (QED) is 0.724. The lowest BCUT2D eigenvalue weighted by atomic mass is 10.3. The van der Waals surface area contributed by atoms with Crippen LogP contribution in [0.15, 0.2) is 17.4 Å². The Balaban J connectivity index is 2.72. The van der Waals surface area contributed by atoms with Crippen molar-refractivity contribution in [2.45, 2.75) is 18.5 Å². The third-order valence-electron chi connectivity index (χ3n) is 1.78. The Morgan fingerprint density at radius 1 is 1.50 bits per heavy atom. The largest absolute Gasteiger partial charge is 0.356 e. The summed E-state index contributed by atoms with van der Waals surface area (Å²) in [7, 11) is -3.38. The molecular weight excluding hydrogens is 230 g/mol. The number of sulfone groups is 1. The van der Waals surface area contributed by atoms with Crippen LogP contribution in [0.2, 0.25) is 0 Å². The fourth-order valence-corrected chi connectivity index (χ4v) is 1.60. The van der Waals surface area contributed by atoms with E-state index in [9.17, 15) is 13.2 Å². The molecule has 0 atom stereocenters. The van der Waals surface area contributed by atoms with Gasteiger partial charge in [0.25, 0.3) is 0 Å². The van der Waals surface area contributed by atoms with Crippen LogP contribution >= 0.6 is 0 Å². The number of hydrogen-bond donors (Lipinski definition) is 1. The maximum atomic E-state index is 11.2. The van der Waals surface area contributed by atoms with E-state index in [2.05, 4.69) is 15.3 Å². The normalized spacial score (nSPS) is 11.1. The maximum absolute atomic E-state index is 11.2. The van der Waals surface area contributed by atoms with Crippen molar-refractivity contribution in [2.75, 3.05) is 12.8 Å². The number of nitrogens with zero attached hydrogens (tertiary/aromatic N) is 2. The predicted molar refractivity (Wildman–Crippen MR) is 57.5 cm³/mol. The Morgan fingerprint density at radius 2 is 2.19 bits per heavy atom. The van der Waals surface area contributed by atoms with Gasteiger partial charge in [-0.05, 0) is 6.07 Å². The van der Waals surface area contributed by atoms with E-state index in [-0.39, 0.29) is 11.1 Å². The van der Waals surface area contributed by atoms with Crippen LogP contribution in [0.1, 0.15) is 12.6 Å². The van der Waals surface area contributed by atoms with Crippen LogP contribution in [0.3, 0.4) is 0 Å². The Morgan fingerprint density at radius 3 is 2.75 bits per heavy atom. The molecule has 0 unspecified atom stereocenters. The molecule has 7 heteroatoms. The van der Waals surface area contributed by atoms with E-state index in [1.54, 1.807) is 6.07 Å². The van der Waals surface area contributed by atoms with Gasteiger partial charge >= 0.3 is 0 Å². The molecule has 0 spiro atoms. The second-order valence-corrected chi connectivity index (χ2v) is 5.25. The monoisotopic (exact) mass is 243 g/mol. The number of carbonyl (C=O) groups excluding carboxylic acids is 1. The molecule has 1 rings (SSSR count). The molecule has 88 valence electrons. The second-order valence-electron chi connectivity index (χ2n) is 3.34.